The second-order valence-corrected chi connectivity index (χ2v) is 4.59. The predicted molar refractivity (Wildman–Crippen MR) is 68.9 cm³/mol. The van der Waals surface area contributed by atoms with Crippen molar-refractivity contribution in [3.05, 3.63) is 29.8 Å². The molecule has 0 bridgehead atoms. The van der Waals surface area contributed by atoms with E-state index in [1.807, 2.05) is 0 Å². The number of rotatable bonds is 4. The van der Waals surface area contributed by atoms with Crippen LogP contribution in [0.2, 0.25) is 0 Å². The van der Waals surface area contributed by atoms with Gasteiger partial charge in [0.2, 0.25) is 0 Å². The average Bonchev–Trinajstić information content (AvgIpc) is 2.79. The van der Waals surface area contributed by atoms with Crippen molar-refractivity contribution >= 4 is 5.69 Å². The van der Waals surface area contributed by atoms with Crippen LogP contribution in [0.4, 0.5) is 5.69 Å². The number of nitrogens with zero attached hydrogens (tertiary/aromatic N) is 1. The first kappa shape index (κ1) is 11.4. The fourth-order valence-electron chi connectivity index (χ4n) is 2.18. The highest BCUT2D eigenvalue weighted by molar-refractivity contribution is 5.52. The van der Waals surface area contributed by atoms with Gasteiger partial charge in [0.25, 0.3) is 0 Å². The molecule has 0 radical (unpaired) electrons. The topological polar surface area (TPSA) is 27.3 Å². The summed E-state index contributed by atoms with van der Waals surface area (Å²) in [7, 11) is 4.19. The van der Waals surface area contributed by atoms with Crippen LogP contribution < -0.4 is 15.5 Å². The van der Waals surface area contributed by atoms with Gasteiger partial charge in [-0.3, -0.25) is 0 Å². The molecule has 0 amide bonds. The highest BCUT2D eigenvalue weighted by Gasteiger charge is 2.13. The minimum atomic E-state index is 0.634. The van der Waals surface area contributed by atoms with Gasteiger partial charge in [-0.2, -0.15) is 0 Å². The highest BCUT2D eigenvalue weighted by Crippen LogP contribution is 2.17. The van der Waals surface area contributed by atoms with E-state index in [2.05, 4.69) is 53.9 Å². The summed E-state index contributed by atoms with van der Waals surface area (Å²) >= 11 is 0. The normalized spacial score (nSPS) is 20.0. The Balaban J connectivity index is 1.97. The van der Waals surface area contributed by atoms with E-state index in [1.165, 1.54) is 17.7 Å². The van der Waals surface area contributed by atoms with Crippen LogP contribution in [-0.4, -0.2) is 33.2 Å². The van der Waals surface area contributed by atoms with Crippen molar-refractivity contribution in [2.24, 2.45) is 0 Å². The first-order valence-corrected chi connectivity index (χ1v) is 5.96. The minimum absolute atomic E-state index is 0.634. The zero-order chi connectivity index (χ0) is 11.4. The van der Waals surface area contributed by atoms with Crippen LogP contribution in [0.5, 0.6) is 0 Å². The molecular weight excluding hydrogens is 198 g/mol. The Kier molecular flexibility index (Phi) is 3.80. The molecule has 1 atom stereocenters. The Hall–Kier alpha value is -1.06. The second kappa shape index (κ2) is 5.32. The molecule has 0 aliphatic carbocycles. The average molecular weight is 219 g/mol. The summed E-state index contributed by atoms with van der Waals surface area (Å²) in [5.74, 6) is 0. The van der Waals surface area contributed by atoms with Gasteiger partial charge in [0.15, 0.2) is 0 Å². The molecule has 88 valence electrons. The third kappa shape index (κ3) is 2.74. The number of anilines is 1. The molecule has 2 N–H and O–H groups in total. The molecule has 1 aromatic rings. The summed E-state index contributed by atoms with van der Waals surface area (Å²) in [6, 6.07) is 9.21. The maximum absolute atomic E-state index is 3.60. The van der Waals surface area contributed by atoms with Crippen LogP contribution in [0.15, 0.2) is 24.3 Å². The lowest BCUT2D eigenvalue weighted by molar-refractivity contribution is 0.547. The van der Waals surface area contributed by atoms with Gasteiger partial charge in [0, 0.05) is 38.9 Å². The van der Waals surface area contributed by atoms with Gasteiger partial charge in [-0.15, -0.1) is 0 Å². The third-order valence-corrected chi connectivity index (χ3v) is 3.11. The molecule has 1 saturated heterocycles. The van der Waals surface area contributed by atoms with Crippen LogP contribution in [0.1, 0.15) is 12.0 Å². The summed E-state index contributed by atoms with van der Waals surface area (Å²) in [5.41, 5.74) is 2.68. The monoisotopic (exact) mass is 219 g/mol. The van der Waals surface area contributed by atoms with E-state index >= 15 is 0 Å². The van der Waals surface area contributed by atoms with Crippen molar-refractivity contribution in [3.8, 4) is 0 Å². The number of nitrogens with one attached hydrogen (secondary N) is 2. The maximum atomic E-state index is 3.60. The molecule has 1 aliphatic heterocycles. The summed E-state index contributed by atoms with van der Waals surface area (Å²) in [6.07, 6.45) is 1.24. The summed E-state index contributed by atoms with van der Waals surface area (Å²) < 4.78 is 0. The molecule has 0 saturated carbocycles. The van der Waals surface area contributed by atoms with E-state index in [-0.39, 0.29) is 0 Å². The zero-order valence-electron chi connectivity index (χ0n) is 10.2. The number of hydrogen-bond donors (Lipinski definition) is 2. The first-order chi connectivity index (χ1) is 7.77. The largest absolute Gasteiger partial charge is 0.377 e. The lowest BCUT2D eigenvalue weighted by atomic mass is 10.1. The number of benzene rings is 1. The van der Waals surface area contributed by atoms with Crippen LogP contribution in [0, 0.1) is 0 Å². The Morgan fingerprint density at radius 2 is 2.19 bits per heavy atom. The Morgan fingerprint density at radius 3 is 2.88 bits per heavy atom. The molecule has 0 spiro atoms. The molecule has 1 unspecified atom stereocenters. The van der Waals surface area contributed by atoms with Gasteiger partial charge >= 0.3 is 0 Å². The predicted octanol–water partition coefficient (Wildman–Crippen LogP) is 1.20. The van der Waals surface area contributed by atoms with Gasteiger partial charge in [0.05, 0.1) is 0 Å². The van der Waals surface area contributed by atoms with Crippen LogP contribution >= 0.6 is 0 Å². The van der Waals surface area contributed by atoms with Crippen molar-refractivity contribution in [1.82, 2.24) is 10.6 Å². The summed E-state index contributed by atoms with van der Waals surface area (Å²) in [4.78, 5) is 2.17. The van der Waals surface area contributed by atoms with Crippen molar-refractivity contribution < 1.29 is 0 Å². The SMILES string of the molecule is CN(C)c1ccccc1CNC1CCNC1. The fraction of sp³-hybridized carbons (Fsp3) is 0.538. The van der Waals surface area contributed by atoms with Gasteiger partial charge in [-0.1, -0.05) is 18.2 Å². The smallest absolute Gasteiger partial charge is 0.0406 e. The van der Waals surface area contributed by atoms with Crippen molar-refractivity contribution in [2.75, 3.05) is 32.1 Å². The molecule has 2 rings (SSSR count). The molecule has 3 heteroatoms. The molecule has 1 fully saturated rings. The van der Waals surface area contributed by atoms with Gasteiger partial charge in [0.1, 0.15) is 0 Å². The Labute approximate surface area is 97.8 Å². The molecular formula is C13H21N3. The van der Waals surface area contributed by atoms with E-state index in [9.17, 15) is 0 Å². The van der Waals surface area contributed by atoms with Crippen LogP contribution in [0.3, 0.4) is 0 Å². The summed E-state index contributed by atoms with van der Waals surface area (Å²) in [5, 5.41) is 6.98. The fourth-order valence-corrected chi connectivity index (χ4v) is 2.18. The number of para-hydroxylation sites is 1. The van der Waals surface area contributed by atoms with Gasteiger partial charge in [-0.25, -0.2) is 0 Å². The van der Waals surface area contributed by atoms with E-state index in [0.717, 1.165) is 19.6 Å². The maximum Gasteiger partial charge on any atom is 0.0406 e. The van der Waals surface area contributed by atoms with Crippen LogP contribution in [-0.2, 0) is 6.54 Å². The first-order valence-electron chi connectivity index (χ1n) is 5.96. The van der Waals surface area contributed by atoms with E-state index < -0.39 is 0 Å². The number of hydrogen-bond acceptors (Lipinski definition) is 3. The van der Waals surface area contributed by atoms with E-state index in [1.54, 1.807) is 0 Å². The Bertz CT molecular complexity index is 330. The highest BCUT2D eigenvalue weighted by atomic mass is 15.1. The lowest BCUT2D eigenvalue weighted by Crippen LogP contribution is -2.30. The molecule has 3 nitrogen and oxygen atoms in total. The minimum Gasteiger partial charge on any atom is -0.377 e. The van der Waals surface area contributed by atoms with Crippen LogP contribution in [0.25, 0.3) is 0 Å². The molecule has 1 aliphatic rings. The second-order valence-electron chi connectivity index (χ2n) is 4.59. The lowest BCUT2D eigenvalue weighted by Gasteiger charge is -2.19. The third-order valence-electron chi connectivity index (χ3n) is 3.11. The van der Waals surface area contributed by atoms with Gasteiger partial charge in [-0.05, 0) is 24.6 Å². The molecule has 0 aromatic heterocycles. The Morgan fingerprint density at radius 1 is 1.38 bits per heavy atom. The quantitative estimate of drug-likeness (QED) is 0.797. The van der Waals surface area contributed by atoms with E-state index in [4.69, 9.17) is 0 Å². The molecule has 1 aromatic carbocycles. The zero-order valence-corrected chi connectivity index (χ0v) is 10.2. The molecule has 16 heavy (non-hydrogen) atoms. The van der Waals surface area contributed by atoms with Gasteiger partial charge < -0.3 is 15.5 Å². The summed E-state index contributed by atoms with van der Waals surface area (Å²) in [6.45, 7) is 3.21. The van der Waals surface area contributed by atoms with E-state index in [0.29, 0.717) is 6.04 Å². The standard InChI is InChI=1S/C13H21N3/c1-16(2)13-6-4-3-5-11(13)9-15-12-7-8-14-10-12/h3-6,12,14-15H,7-10H2,1-2H3. The van der Waals surface area contributed by atoms with Crippen molar-refractivity contribution in [2.45, 2.75) is 19.0 Å². The van der Waals surface area contributed by atoms with Crippen molar-refractivity contribution in [3.63, 3.8) is 0 Å². The van der Waals surface area contributed by atoms with Crippen molar-refractivity contribution in [1.29, 1.82) is 0 Å². The molecule has 1 heterocycles.